The first-order chi connectivity index (χ1) is 10.0. The number of rotatable bonds is 4. The van der Waals surface area contributed by atoms with E-state index in [1.165, 1.54) is 24.3 Å². The van der Waals surface area contributed by atoms with Crippen molar-refractivity contribution in [2.24, 2.45) is 0 Å². The maximum Gasteiger partial charge on any atom is 0.233 e. The fourth-order valence-electron chi connectivity index (χ4n) is 1.69. The number of halogens is 2. The predicted octanol–water partition coefficient (Wildman–Crippen LogP) is 3.45. The number of hydrogen-bond donors (Lipinski definition) is 2. The van der Waals surface area contributed by atoms with Gasteiger partial charge < -0.3 is 10.6 Å². The highest BCUT2D eigenvalue weighted by Crippen LogP contribution is 2.15. The van der Waals surface area contributed by atoms with Gasteiger partial charge in [0.05, 0.1) is 0 Å². The summed E-state index contributed by atoms with van der Waals surface area (Å²) in [5.41, 5.74) is 0.807. The minimum atomic E-state index is -0.528. The number of anilines is 2. The first-order valence-corrected chi connectivity index (χ1v) is 6.51. The van der Waals surface area contributed by atoms with Crippen LogP contribution in [0.5, 0.6) is 0 Å². The Bertz CT molecular complexity index is 619. The Morgan fingerprint density at radius 1 is 0.952 bits per heavy atom. The number of carbonyl (C=O) groups is 2. The van der Waals surface area contributed by atoms with Crippen molar-refractivity contribution in [1.82, 2.24) is 0 Å². The lowest BCUT2D eigenvalue weighted by Crippen LogP contribution is -2.21. The molecular weight excluding hydrogens is 295 g/mol. The summed E-state index contributed by atoms with van der Waals surface area (Å²) in [6, 6.07) is 12.0. The van der Waals surface area contributed by atoms with E-state index in [4.69, 9.17) is 11.6 Å². The minimum Gasteiger partial charge on any atom is -0.326 e. The molecule has 0 aromatic heterocycles. The molecular formula is C15H12ClFN2O2. The summed E-state index contributed by atoms with van der Waals surface area (Å²) in [4.78, 5) is 23.4. The van der Waals surface area contributed by atoms with Crippen LogP contribution in [0.1, 0.15) is 6.42 Å². The molecule has 0 unspecified atom stereocenters. The molecule has 0 radical (unpaired) electrons. The zero-order valence-corrected chi connectivity index (χ0v) is 11.7. The van der Waals surface area contributed by atoms with Gasteiger partial charge in [0.1, 0.15) is 12.2 Å². The van der Waals surface area contributed by atoms with E-state index in [1.54, 1.807) is 24.3 Å². The molecule has 0 spiro atoms. The molecule has 0 atom stereocenters. The largest absolute Gasteiger partial charge is 0.326 e. The molecule has 2 aromatic rings. The highest BCUT2D eigenvalue weighted by Gasteiger charge is 2.10. The lowest BCUT2D eigenvalue weighted by atomic mass is 10.2. The molecule has 0 aliphatic heterocycles. The van der Waals surface area contributed by atoms with Crippen LogP contribution in [0.25, 0.3) is 0 Å². The lowest BCUT2D eigenvalue weighted by Gasteiger charge is -2.07. The van der Waals surface area contributed by atoms with Gasteiger partial charge in [0, 0.05) is 16.4 Å². The van der Waals surface area contributed by atoms with E-state index >= 15 is 0 Å². The Kier molecular flexibility index (Phi) is 4.90. The summed E-state index contributed by atoms with van der Waals surface area (Å²) in [6.45, 7) is 0. The van der Waals surface area contributed by atoms with E-state index in [9.17, 15) is 14.0 Å². The van der Waals surface area contributed by atoms with Crippen LogP contribution >= 0.6 is 11.6 Å². The first kappa shape index (κ1) is 15.0. The highest BCUT2D eigenvalue weighted by atomic mass is 35.5. The van der Waals surface area contributed by atoms with Crippen LogP contribution in [0.3, 0.4) is 0 Å². The molecule has 0 bridgehead atoms. The molecule has 108 valence electrons. The molecule has 0 aliphatic carbocycles. The SMILES string of the molecule is O=C(CC(=O)Nc1cccc(Cl)c1)Nc1cccc(F)c1. The number of benzene rings is 2. The van der Waals surface area contributed by atoms with Crippen molar-refractivity contribution in [3.63, 3.8) is 0 Å². The predicted molar refractivity (Wildman–Crippen MR) is 79.7 cm³/mol. The van der Waals surface area contributed by atoms with Crippen LogP contribution in [-0.2, 0) is 9.59 Å². The summed E-state index contributed by atoms with van der Waals surface area (Å²) in [5, 5.41) is 5.48. The van der Waals surface area contributed by atoms with Crippen LogP contribution < -0.4 is 10.6 Å². The Morgan fingerprint density at radius 2 is 1.52 bits per heavy atom. The number of carbonyl (C=O) groups excluding carboxylic acids is 2. The van der Waals surface area contributed by atoms with Gasteiger partial charge >= 0.3 is 0 Å². The number of nitrogens with one attached hydrogen (secondary N) is 2. The standard InChI is InChI=1S/C15H12ClFN2O2/c16-10-3-1-5-12(7-10)18-14(20)9-15(21)19-13-6-2-4-11(17)8-13/h1-8H,9H2,(H,18,20)(H,19,21). The molecule has 0 saturated carbocycles. The molecule has 2 aromatic carbocycles. The van der Waals surface area contributed by atoms with Gasteiger partial charge in [-0.25, -0.2) is 4.39 Å². The highest BCUT2D eigenvalue weighted by molar-refractivity contribution is 6.30. The average Bonchev–Trinajstić information content (AvgIpc) is 2.38. The molecule has 0 saturated heterocycles. The van der Waals surface area contributed by atoms with E-state index in [-0.39, 0.29) is 6.42 Å². The van der Waals surface area contributed by atoms with Crippen molar-refractivity contribution in [2.45, 2.75) is 6.42 Å². The van der Waals surface area contributed by atoms with Gasteiger partial charge in [-0.05, 0) is 36.4 Å². The van der Waals surface area contributed by atoms with Crippen LogP contribution in [0.15, 0.2) is 48.5 Å². The molecule has 2 rings (SSSR count). The van der Waals surface area contributed by atoms with Crippen molar-refractivity contribution in [2.75, 3.05) is 10.6 Å². The van der Waals surface area contributed by atoms with Crippen molar-refractivity contribution >= 4 is 34.8 Å². The lowest BCUT2D eigenvalue weighted by molar-refractivity contribution is -0.123. The van der Waals surface area contributed by atoms with Gasteiger partial charge in [0.25, 0.3) is 0 Å². The molecule has 6 heteroatoms. The first-order valence-electron chi connectivity index (χ1n) is 6.14. The smallest absolute Gasteiger partial charge is 0.233 e. The quantitative estimate of drug-likeness (QED) is 0.850. The van der Waals surface area contributed by atoms with Crippen molar-refractivity contribution < 1.29 is 14.0 Å². The number of amides is 2. The van der Waals surface area contributed by atoms with Gasteiger partial charge in [-0.2, -0.15) is 0 Å². The Hall–Kier alpha value is -2.40. The molecule has 21 heavy (non-hydrogen) atoms. The molecule has 0 fully saturated rings. The second kappa shape index (κ2) is 6.85. The van der Waals surface area contributed by atoms with E-state index in [1.807, 2.05) is 0 Å². The normalized spacial score (nSPS) is 10.0. The minimum absolute atomic E-state index is 0.301. The van der Waals surface area contributed by atoms with Gasteiger partial charge in [0.2, 0.25) is 11.8 Å². The second-order valence-electron chi connectivity index (χ2n) is 4.29. The summed E-state index contributed by atoms with van der Waals surface area (Å²) in [5.74, 6) is -1.47. The fraction of sp³-hybridized carbons (Fsp3) is 0.0667. The third kappa shape index (κ3) is 4.89. The van der Waals surface area contributed by atoms with Gasteiger partial charge in [0.15, 0.2) is 0 Å². The van der Waals surface area contributed by atoms with Crippen molar-refractivity contribution in [3.8, 4) is 0 Å². The summed E-state index contributed by atoms with van der Waals surface area (Å²) >= 11 is 5.79. The fourth-order valence-corrected chi connectivity index (χ4v) is 1.88. The summed E-state index contributed by atoms with van der Waals surface area (Å²) < 4.78 is 13.0. The summed E-state index contributed by atoms with van der Waals surface area (Å²) in [6.07, 6.45) is -0.372. The maximum atomic E-state index is 13.0. The van der Waals surface area contributed by atoms with Crippen LogP contribution in [0.2, 0.25) is 5.02 Å². The van der Waals surface area contributed by atoms with Gasteiger partial charge in [-0.15, -0.1) is 0 Å². The summed E-state index contributed by atoms with van der Waals surface area (Å²) in [7, 11) is 0. The molecule has 0 heterocycles. The van der Waals surface area contributed by atoms with Crippen molar-refractivity contribution in [3.05, 3.63) is 59.4 Å². The molecule has 2 N–H and O–H groups in total. The van der Waals surface area contributed by atoms with Gasteiger partial charge in [-0.1, -0.05) is 23.7 Å². The van der Waals surface area contributed by atoms with E-state index in [0.29, 0.717) is 16.4 Å². The van der Waals surface area contributed by atoms with Crippen LogP contribution in [0.4, 0.5) is 15.8 Å². The van der Waals surface area contributed by atoms with Crippen LogP contribution in [-0.4, -0.2) is 11.8 Å². The monoisotopic (exact) mass is 306 g/mol. The third-order valence-electron chi connectivity index (χ3n) is 2.54. The van der Waals surface area contributed by atoms with E-state index < -0.39 is 17.6 Å². The number of hydrogen-bond acceptors (Lipinski definition) is 2. The topological polar surface area (TPSA) is 58.2 Å². The maximum absolute atomic E-state index is 13.0. The van der Waals surface area contributed by atoms with Gasteiger partial charge in [-0.3, -0.25) is 9.59 Å². The molecule has 4 nitrogen and oxygen atoms in total. The Labute approximate surface area is 125 Å². The molecule has 2 amide bonds. The Balaban J connectivity index is 1.89. The Morgan fingerprint density at radius 3 is 2.10 bits per heavy atom. The zero-order valence-electron chi connectivity index (χ0n) is 10.9. The van der Waals surface area contributed by atoms with E-state index in [2.05, 4.69) is 10.6 Å². The molecule has 0 aliphatic rings. The average molecular weight is 307 g/mol. The zero-order chi connectivity index (χ0) is 15.2. The van der Waals surface area contributed by atoms with Crippen molar-refractivity contribution in [1.29, 1.82) is 0 Å². The van der Waals surface area contributed by atoms with Crippen LogP contribution in [0, 0.1) is 5.82 Å². The van der Waals surface area contributed by atoms with E-state index in [0.717, 1.165) is 0 Å². The second-order valence-corrected chi connectivity index (χ2v) is 4.73. The third-order valence-corrected chi connectivity index (χ3v) is 2.77.